The highest BCUT2D eigenvalue weighted by molar-refractivity contribution is 5.95. The highest BCUT2D eigenvalue weighted by atomic mass is 16.1. The molecule has 19 heavy (non-hydrogen) atoms. The van der Waals surface area contributed by atoms with Gasteiger partial charge < -0.3 is 10.3 Å². The van der Waals surface area contributed by atoms with Gasteiger partial charge in [0.1, 0.15) is 0 Å². The van der Waals surface area contributed by atoms with Crippen LogP contribution in [0, 0.1) is 13.8 Å². The first-order valence-corrected chi connectivity index (χ1v) is 6.43. The molecule has 0 aliphatic rings. The second kappa shape index (κ2) is 5.69. The largest absolute Gasteiger partial charge is 0.365 e. The fourth-order valence-electron chi connectivity index (χ4n) is 2.07. The van der Waals surface area contributed by atoms with Crippen molar-refractivity contribution in [3.8, 4) is 0 Å². The fourth-order valence-corrected chi connectivity index (χ4v) is 2.07. The van der Waals surface area contributed by atoms with Crippen molar-refractivity contribution < 1.29 is 4.79 Å². The van der Waals surface area contributed by atoms with Gasteiger partial charge in [-0.25, -0.2) is 0 Å². The molecule has 0 bridgehead atoms. The molecule has 0 saturated heterocycles. The molecule has 2 rings (SSSR count). The monoisotopic (exact) mass is 257 g/mol. The van der Waals surface area contributed by atoms with Crippen molar-refractivity contribution in [1.29, 1.82) is 0 Å². The Morgan fingerprint density at radius 3 is 2.84 bits per heavy atom. The Kier molecular flexibility index (Phi) is 4.00. The summed E-state index contributed by atoms with van der Waals surface area (Å²) in [5.41, 5.74) is 3.77. The Morgan fingerprint density at radius 1 is 1.42 bits per heavy atom. The molecule has 2 aromatic heterocycles. The Labute approximate surface area is 113 Å². The van der Waals surface area contributed by atoms with E-state index in [4.69, 9.17) is 0 Å². The maximum Gasteiger partial charge on any atom is 0.253 e. The van der Waals surface area contributed by atoms with Crippen LogP contribution in [-0.4, -0.2) is 21.9 Å². The first kappa shape index (κ1) is 13.3. The van der Waals surface area contributed by atoms with Crippen molar-refractivity contribution >= 4 is 5.91 Å². The van der Waals surface area contributed by atoms with Gasteiger partial charge in [-0.3, -0.25) is 9.78 Å². The van der Waals surface area contributed by atoms with Crippen LogP contribution in [-0.2, 0) is 6.42 Å². The molecule has 4 heteroatoms. The van der Waals surface area contributed by atoms with Crippen LogP contribution in [0.4, 0.5) is 0 Å². The fraction of sp³-hybridized carbons (Fsp3) is 0.333. The smallest absolute Gasteiger partial charge is 0.253 e. The Hall–Kier alpha value is -2.10. The van der Waals surface area contributed by atoms with E-state index in [0.717, 1.165) is 23.4 Å². The number of aryl methyl sites for hydroxylation is 2. The molecular weight excluding hydrogens is 238 g/mol. The van der Waals surface area contributed by atoms with Gasteiger partial charge in [-0.1, -0.05) is 6.07 Å². The highest BCUT2D eigenvalue weighted by Gasteiger charge is 2.13. The number of aromatic amines is 1. The second-order valence-electron chi connectivity index (χ2n) is 4.86. The number of rotatable bonds is 4. The van der Waals surface area contributed by atoms with E-state index in [0.29, 0.717) is 5.56 Å². The molecule has 0 spiro atoms. The van der Waals surface area contributed by atoms with Crippen LogP contribution < -0.4 is 5.32 Å². The van der Waals surface area contributed by atoms with Crippen molar-refractivity contribution in [3.05, 3.63) is 53.1 Å². The number of hydrogen-bond donors (Lipinski definition) is 2. The predicted octanol–water partition coefficient (Wildman–Crippen LogP) is 2.39. The van der Waals surface area contributed by atoms with E-state index in [1.54, 1.807) is 18.5 Å². The average molecular weight is 257 g/mol. The van der Waals surface area contributed by atoms with E-state index < -0.39 is 0 Å². The molecule has 100 valence electrons. The number of hydrogen-bond acceptors (Lipinski definition) is 2. The van der Waals surface area contributed by atoms with Crippen molar-refractivity contribution in [2.75, 3.05) is 0 Å². The summed E-state index contributed by atoms with van der Waals surface area (Å²) in [4.78, 5) is 19.4. The Morgan fingerprint density at radius 2 is 2.21 bits per heavy atom. The van der Waals surface area contributed by atoms with Crippen LogP contribution >= 0.6 is 0 Å². The van der Waals surface area contributed by atoms with E-state index >= 15 is 0 Å². The molecule has 0 aliphatic heterocycles. The number of H-pyrrole nitrogens is 1. The predicted molar refractivity (Wildman–Crippen MR) is 75.1 cm³/mol. The number of nitrogens with zero attached hydrogens (tertiary/aromatic N) is 1. The SMILES string of the molecule is Cc1cccnc1C[C@H](C)NC(=O)c1cc[nH]c1C. The minimum absolute atomic E-state index is 0.0418. The van der Waals surface area contributed by atoms with Crippen LogP contribution in [0.5, 0.6) is 0 Å². The molecule has 2 aromatic rings. The molecule has 0 aromatic carbocycles. The van der Waals surface area contributed by atoms with Gasteiger partial charge in [0, 0.05) is 36.2 Å². The summed E-state index contributed by atoms with van der Waals surface area (Å²) < 4.78 is 0. The van der Waals surface area contributed by atoms with Gasteiger partial charge in [0.15, 0.2) is 0 Å². The quantitative estimate of drug-likeness (QED) is 0.883. The maximum absolute atomic E-state index is 12.1. The van der Waals surface area contributed by atoms with Crippen molar-refractivity contribution in [2.45, 2.75) is 33.2 Å². The molecule has 2 N–H and O–H groups in total. The minimum atomic E-state index is -0.0418. The van der Waals surface area contributed by atoms with E-state index in [2.05, 4.69) is 15.3 Å². The molecule has 1 amide bonds. The van der Waals surface area contributed by atoms with Crippen molar-refractivity contribution in [1.82, 2.24) is 15.3 Å². The van der Waals surface area contributed by atoms with Crippen LogP contribution in [0.25, 0.3) is 0 Å². The summed E-state index contributed by atoms with van der Waals surface area (Å²) >= 11 is 0. The zero-order valence-electron chi connectivity index (χ0n) is 11.5. The van der Waals surface area contributed by atoms with Gasteiger partial charge in [-0.05, 0) is 38.5 Å². The van der Waals surface area contributed by atoms with Gasteiger partial charge >= 0.3 is 0 Å². The molecular formula is C15H19N3O. The number of carbonyl (C=O) groups excluding carboxylic acids is 1. The van der Waals surface area contributed by atoms with E-state index in [1.165, 1.54) is 0 Å². The van der Waals surface area contributed by atoms with Crippen LogP contribution in [0.15, 0.2) is 30.6 Å². The van der Waals surface area contributed by atoms with Gasteiger partial charge in [-0.2, -0.15) is 0 Å². The summed E-state index contributed by atoms with van der Waals surface area (Å²) in [7, 11) is 0. The van der Waals surface area contributed by atoms with Crippen LogP contribution in [0.1, 0.15) is 34.2 Å². The first-order valence-electron chi connectivity index (χ1n) is 6.43. The first-order chi connectivity index (χ1) is 9.08. The van der Waals surface area contributed by atoms with Gasteiger partial charge in [0.2, 0.25) is 0 Å². The summed E-state index contributed by atoms with van der Waals surface area (Å²) in [6, 6.07) is 5.80. The average Bonchev–Trinajstić information content (AvgIpc) is 2.78. The molecule has 1 atom stereocenters. The number of nitrogens with one attached hydrogen (secondary N) is 2. The molecule has 0 fully saturated rings. The Bertz CT molecular complexity index is 574. The maximum atomic E-state index is 12.1. The van der Waals surface area contributed by atoms with E-state index in [9.17, 15) is 4.79 Å². The number of carbonyl (C=O) groups is 1. The number of amides is 1. The lowest BCUT2D eigenvalue weighted by Crippen LogP contribution is -2.34. The summed E-state index contributed by atoms with van der Waals surface area (Å²) in [6.07, 6.45) is 4.30. The second-order valence-corrected chi connectivity index (χ2v) is 4.86. The summed E-state index contributed by atoms with van der Waals surface area (Å²) in [6.45, 7) is 5.92. The standard InChI is InChI=1S/C15H19N3O/c1-10-5-4-7-17-14(10)9-11(2)18-15(19)13-6-8-16-12(13)3/h4-8,11,16H,9H2,1-3H3,(H,18,19)/t11-/m0/s1. The van der Waals surface area contributed by atoms with E-state index in [-0.39, 0.29) is 11.9 Å². The molecule has 0 saturated carbocycles. The van der Waals surface area contributed by atoms with Gasteiger partial charge in [-0.15, -0.1) is 0 Å². The van der Waals surface area contributed by atoms with Crippen molar-refractivity contribution in [2.24, 2.45) is 0 Å². The minimum Gasteiger partial charge on any atom is -0.365 e. The lowest BCUT2D eigenvalue weighted by molar-refractivity contribution is 0.0939. The zero-order valence-corrected chi connectivity index (χ0v) is 11.5. The molecule has 0 radical (unpaired) electrons. The third-order valence-corrected chi connectivity index (χ3v) is 3.19. The molecule has 2 heterocycles. The van der Waals surface area contributed by atoms with Gasteiger partial charge in [0.05, 0.1) is 5.56 Å². The van der Waals surface area contributed by atoms with E-state index in [1.807, 2.05) is 32.9 Å². The third-order valence-electron chi connectivity index (χ3n) is 3.19. The van der Waals surface area contributed by atoms with Crippen molar-refractivity contribution in [3.63, 3.8) is 0 Å². The lowest BCUT2D eigenvalue weighted by Gasteiger charge is -2.14. The zero-order chi connectivity index (χ0) is 13.8. The van der Waals surface area contributed by atoms with Gasteiger partial charge in [0.25, 0.3) is 5.91 Å². The normalized spacial score (nSPS) is 12.2. The lowest BCUT2D eigenvalue weighted by atomic mass is 10.1. The molecule has 4 nitrogen and oxygen atoms in total. The summed E-state index contributed by atoms with van der Waals surface area (Å²) in [5.74, 6) is -0.0418. The number of aromatic nitrogens is 2. The molecule has 0 aliphatic carbocycles. The molecule has 0 unspecified atom stereocenters. The third kappa shape index (κ3) is 3.22. The number of pyridine rings is 1. The topological polar surface area (TPSA) is 57.8 Å². The summed E-state index contributed by atoms with van der Waals surface area (Å²) in [5, 5.41) is 3.00. The van der Waals surface area contributed by atoms with Crippen LogP contribution in [0.3, 0.4) is 0 Å². The Balaban J connectivity index is 1.99. The highest BCUT2D eigenvalue weighted by Crippen LogP contribution is 2.08. The van der Waals surface area contributed by atoms with Crippen LogP contribution in [0.2, 0.25) is 0 Å².